The van der Waals surface area contributed by atoms with E-state index >= 15 is 0 Å². The molecule has 0 aromatic carbocycles. The van der Waals surface area contributed by atoms with E-state index in [-0.39, 0.29) is 25.7 Å². The highest BCUT2D eigenvalue weighted by Gasteiger charge is 2.30. The van der Waals surface area contributed by atoms with E-state index in [1.54, 1.807) is 0 Å². The average molecular weight is 1510 g/mol. The van der Waals surface area contributed by atoms with Gasteiger partial charge in [0.05, 0.1) is 26.4 Å². The number of rotatable bonds is 78. The highest BCUT2D eigenvalue weighted by atomic mass is 31.2. The van der Waals surface area contributed by atoms with Gasteiger partial charge in [0.2, 0.25) is 0 Å². The second-order valence-corrected chi connectivity index (χ2v) is 30.6. The zero-order chi connectivity index (χ0) is 76.0. The molecule has 0 bridgehead atoms. The lowest BCUT2D eigenvalue weighted by Crippen LogP contribution is -2.30. The summed E-state index contributed by atoms with van der Waals surface area (Å²) in [5.41, 5.74) is 0. The summed E-state index contributed by atoms with van der Waals surface area (Å²) < 4.78 is 68.6. The van der Waals surface area contributed by atoms with E-state index in [4.69, 9.17) is 37.0 Å². The fraction of sp³-hybridized carbons (Fsp3) is 0.765. The number of aliphatic hydroxyl groups is 1. The second kappa shape index (κ2) is 77.1. The fourth-order valence-electron chi connectivity index (χ4n) is 11.2. The number of phosphoric ester groups is 2. The van der Waals surface area contributed by atoms with Crippen LogP contribution in [0.25, 0.3) is 0 Å². The molecule has 5 atom stereocenters. The summed E-state index contributed by atoms with van der Waals surface area (Å²) in [5, 5.41) is 10.7. The van der Waals surface area contributed by atoms with E-state index in [1.165, 1.54) is 141 Å². The molecule has 0 spiro atoms. The standard InChI is InChI=1S/C85H150O17P2/c1-5-9-13-17-21-25-29-33-37-38-39-40-44-46-50-54-58-62-66-70-83(88)96-76-81(102-85(90)72-68-64-60-56-52-48-43-36-32-28-24-20-16-12-8-4)78-100-104(93,94)98-74-79(86)73-97-103(91,92)99-77-80(101-84(89)71-67-63-59-55-51-47-42-35-31-27-23-19-15-11-7-3)75-95-82(87)69-65-61-57-53-49-45-41-34-30-26-22-18-14-10-6-2/h9,13,21,25,33-34,36-37,39-41,43,46,50,58,62,79-81,86H,5-8,10-12,14-20,22-24,26-32,35,38,42,44-45,47-49,51-57,59-61,63-78H2,1-4H3,(H,91,92)(H,93,94)/b13-9-,25-21-,37-33-,40-39-,41-34-,43-36-,50-46-,62-58-/t79-,80+,81+/m0/s1. The number of hydrogen-bond acceptors (Lipinski definition) is 15. The van der Waals surface area contributed by atoms with Crippen LogP contribution in [0.2, 0.25) is 0 Å². The molecule has 19 heteroatoms. The third-order valence-corrected chi connectivity index (χ3v) is 19.4. The lowest BCUT2D eigenvalue weighted by molar-refractivity contribution is -0.161. The molecule has 602 valence electrons. The third-order valence-electron chi connectivity index (χ3n) is 17.5. The van der Waals surface area contributed by atoms with Gasteiger partial charge in [-0.15, -0.1) is 0 Å². The van der Waals surface area contributed by atoms with Crippen LogP contribution in [0.5, 0.6) is 0 Å². The first-order valence-electron chi connectivity index (χ1n) is 41.5. The lowest BCUT2D eigenvalue weighted by Gasteiger charge is -2.21. The minimum atomic E-state index is -4.99. The average Bonchev–Trinajstić information content (AvgIpc) is 0.918. The highest BCUT2D eigenvalue weighted by Crippen LogP contribution is 2.45. The van der Waals surface area contributed by atoms with E-state index in [2.05, 4.69) is 107 Å². The van der Waals surface area contributed by atoms with Crippen LogP contribution in [0.3, 0.4) is 0 Å². The molecule has 0 aromatic rings. The van der Waals surface area contributed by atoms with Gasteiger partial charge >= 0.3 is 39.5 Å². The molecule has 2 unspecified atom stereocenters. The lowest BCUT2D eigenvalue weighted by atomic mass is 10.0. The van der Waals surface area contributed by atoms with Gasteiger partial charge in [-0.05, 0) is 116 Å². The smallest absolute Gasteiger partial charge is 0.462 e. The third kappa shape index (κ3) is 76.2. The maximum atomic E-state index is 13.1. The molecular formula is C85H150O17P2. The highest BCUT2D eigenvalue weighted by molar-refractivity contribution is 7.47. The molecule has 0 rings (SSSR count). The Hall–Kier alpha value is -4.02. The summed E-state index contributed by atoms with van der Waals surface area (Å²) in [6.07, 6.45) is 82.5. The first kappa shape index (κ1) is 100.0. The van der Waals surface area contributed by atoms with E-state index in [9.17, 15) is 43.2 Å². The Morgan fingerprint density at radius 2 is 0.519 bits per heavy atom. The minimum absolute atomic E-state index is 0.0352. The maximum Gasteiger partial charge on any atom is 0.472 e. The van der Waals surface area contributed by atoms with Crippen LogP contribution in [0.15, 0.2) is 97.2 Å². The van der Waals surface area contributed by atoms with Crippen LogP contribution in [0.1, 0.15) is 362 Å². The number of aliphatic hydroxyl groups excluding tert-OH is 1. The van der Waals surface area contributed by atoms with Gasteiger partial charge in [0.1, 0.15) is 19.3 Å². The summed E-state index contributed by atoms with van der Waals surface area (Å²) in [7, 11) is -9.98. The molecule has 0 aliphatic carbocycles. The molecule has 0 heterocycles. The van der Waals surface area contributed by atoms with Gasteiger partial charge in [0.25, 0.3) is 0 Å². The number of hydrogen-bond donors (Lipinski definition) is 3. The summed E-state index contributed by atoms with van der Waals surface area (Å²) in [6.45, 7) is 4.71. The van der Waals surface area contributed by atoms with Crippen molar-refractivity contribution in [2.24, 2.45) is 0 Å². The van der Waals surface area contributed by atoms with Crippen molar-refractivity contribution in [1.82, 2.24) is 0 Å². The molecule has 3 N–H and O–H groups in total. The summed E-state index contributed by atoms with van der Waals surface area (Å²) >= 11 is 0. The zero-order valence-electron chi connectivity index (χ0n) is 65.9. The number of carbonyl (C=O) groups is 4. The van der Waals surface area contributed by atoms with Crippen molar-refractivity contribution in [2.45, 2.75) is 380 Å². The van der Waals surface area contributed by atoms with E-state index in [0.717, 1.165) is 135 Å². The van der Waals surface area contributed by atoms with Crippen molar-refractivity contribution >= 4 is 39.5 Å². The predicted octanol–water partition coefficient (Wildman–Crippen LogP) is 24.3. The largest absolute Gasteiger partial charge is 0.472 e. The normalized spacial score (nSPS) is 14.3. The Balaban J connectivity index is 5.41. The maximum absolute atomic E-state index is 13.1. The number of phosphoric acid groups is 2. The van der Waals surface area contributed by atoms with Crippen molar-refractivity contribution in [2.75, 3.05) is 39.6 Å². The number of carbonyl (C=O) groups excluding carboxylic acids is 4. The number of ether oxygens (including phenoxy) is 4. The van der Waals surface area contributed by atoms with E-state index < -0.39 is 97.5 Å². The van der Waals surface area contributed by atoms with Crippen molar-refractivity contribution in [3.63, 3.8) is 0 Å². The Morgan fingerprint density at radius 1 is 0.279 bits per heavy atom. The van der Waals surface area contributed by atoms with Gasteiger partial charge in [-0.2, -0.15) is 0 Å². The molecule has 0 saturated carbocycles. The van der Waals surface area contributed by atoms with Gasteiger partial charge < -0.3 is 33.8 Å². The Labute approximate surface area is 633 Å². The molecular weight excluding hydrogens is 1350 g/mol. The molecule has 17 nitrogen and oxygen atoms in total. The van der Waals surface area contributed by atoms with Crippen LogP contribution in [-0.4, -0.2) is 96.7 Å². The molecule has 104 heavy (non-hydrogen) atoms. The SMILES string of the molecule is CC/C=C\C/C=C\C/C=C\C/C=C\C/C=C\C/C=C\CCC(=O)OC[C@H](COP(=O)(O)OC[C@@H](O)COP(=O)(O)OC[C@@H](COC(=O)CCCCCCC/C=C\CCCCCCCC)OC(=O)CCCCCCCCCCCCCCCCC)OC(=O)CCCCCCC/C=C\CCCCCCCC. The van der Waals surface area contributed by atoms with Crippen LogP contribution >= 0.6 is 15.6 Å². The van der Waals surface area contributed by atoms with Crippen molar-refractivity contribution in [3.05, 3.63) is 97.2 Å². The van der Waals surface area contributed by atoms with Gasteiger partial charge in [-0.3, -0.25) is 37.3 Å². The predicted molar refractivity (Wildman–Crippen MR) is 427 cm³/mol. The zero-order valence-corrected chi connectivity index (χ0v) is 67.7. The topological polar surface area (TPSA) is 237 Å². The van der Waals surface area contributed by atoms with Crippen molar-refractivity contribution in [1.29, 1.82) is 0 Å². The van der Waals surface area contributed by atoms with Gasteiger partial charge in [-0.25, -0.2) is 9.13 Å². The summed E-state index contributed by atoms with van der Waals surface area (Å²) in [6, 6.07) is 0. The minimum Gasteiger partial charge on any atom is -0.462 e. The second-order valence-electron chi connectivity index (χ2n) is 27.7. The van der Waals surface area contributed by atoms with Crippen LogP contribution < -0.4 is 0 Å². The summed E-state index contributed by atoms with van der Waals surface area (Å²) in [5.74, 6) is -2.27. The van der Waals surface area contributed by atoms with Gasteiger partial charge in [0, 0.05) is 25.7 Å². The Bertz CT molecular complexity index is 2350. The van der Waals surface area contributed by atoms with Crippen LogP contribution in [0.4, 0.5) is 0 Å². The molecule has 0 aliphatic heterocycles. The molecule has 0 amide bonds. The van der Waals surface area contributed by atoms with Gasteiger partial charge in [-0.1, -0.05) is 318 Å². The molecule has 0 fully saturated rings. The Kier molecular flexibility index (Phi) is 74.2. The van der Waals surface area contributed by atoms with Crippen LogP contribution in [0, 0.1) is 0 Å². The molecule has 0 radical (unpaired) electrons. The fourth-order valence-corrected chi connectivity index (χ4v) is 12.8. The molecule has 0 aliphatic rings. The molecule has 0 aromatic heterocycles. The van der Waals surface area contributed by atoms with Gasteiger partial charge in [0.15, 0.2) is 12.2 Å². The number of esters is 4. The summed E-state index contributed by atoms with van der Waals surface area (Å²) in [4.78, 5) is 73.1. The molecule has 0 saturated heterocycles. The monoisotopic (exact) mass is 1510 g/mol. The van der Waals surface area contributed by atoms with Crippen LogP contribution in [-0.2, 0) is 65.4 Å². The van der Waals surface area contributed by atoms with Crippen molar-refractivity contribution < 1.29 is 80.2 Å². The van der Waals surface area contributed by atoms with Crippen molar-refractivity contribution in [3.8, 4) is 0 Å². The first-order chi connectivity index (χ1) is 50.7. The quantitative estimate of drug-likeness (QED) is 0.0169. The Morgan fingerprint density at radius 3 is 0.827 bits per heavy atom. The number of unbranched alkanes of at least 4 members (excludes halogenated alkanes) is 36. The van der Waals surface area contributed by atoms with E-state index in [0.29, 0.717) is 32.1 Å². The number of allylic oxidation sites excluding steroid dienone is 16. The van der Waals surface area contributed by atoms with E-state index in [1.807, 2.05) is 18.2 Å². The first-order valence-corrected chi connectivity index (χ1v) is 44.5.